The van der Waals surface area contributed by atoms with Crippen LogP contribution < -0.4 is 0 Å². The molecule has 0 rings (SSSR count). The Bertz CT molecular complexity index is 577. The van der Waals surface area contributed by atoms with Crippen LogP contribution in [0.4, 0.5) is 0 Å². The second-order valence-corrected chi connectivity index (χ2v) is 29.2. The van der Waals surface area contributed by atoms with E-state index >= 15 is 0 Å². The zero-order valence-electron chi connectivity index (χ0n) is 29.2. The summed E-state index contributed by atoms with van der Waals surface area (Å²) in [4.78, 5) is 0.212. The third-order valence-corrected chi connectivity index (χ3v) is 30.2. The van der Waals surface area contributed by atoms with Gasteiger partial charge in [0.1, 0.15) is 0 Å². The van der Waals surface area contributed by atoms with Gasteiger partial charge in [0.25, 0.3) is 0 Å². The van der Waals surface area contributed by atoms with E-state index in [1.165, 1.54) is 0 Å². The van der Waals surface area contributed by atoms with Gasteiger partial charge in [0.15, 0.2) is 0 Å². The Kier molecular flexibility index (Phi) is 27.2. The summed E-state index contributed by atoms with van der Waals surface area (Å²) in [7, 11) is 6.57. The summed E-state index contributed by atoms with van der Waals surface area (Å²) >= 11 is 0. The first-order valence-corrected chi connectivity index (χ1v) is 28.5. The number of hydrogen-bond donors (Lipinski definition) is 0. The van der Waals surface area contributed by atoms with Crippen LogP contribution in [0.3, 0.4) is 0 Å². The molecule has 0 spiro atoms. The summed E-state index contributed by atoms with van der Waals surface area (Å²) in [5.41, 5.74) is 0. The van der Waals surface area contributed by atoms with Crippen molar-refractivity contribution < 1.29 is 26.6 Å². The van der Waals surface area contributed by atoms with E-state index in [0.29, 0.717) is 0 Å². The van der Waals surface area contributed by atoms with Crippen LogP contribution in [-0.4, -0.2) is 64.0 Å². The van der Waals surface area contributed by atoms with Crippen molar-refractivity contribution in [1.82, 2.24) is 0 Å². The van der Waals surface area contributed by atoms with Crippen LogP contribution in [0.1, 0.15) is 135 Å². The zero-order chi connectivity index (χ0) is 33.1. The molecule has 0 bridgehead atoms. The summed E-state index contributed by atoms with van der Waals surface area (Å²) in [6.45, 7) is 30.1. The van der Waals surface area contributed by atoms with E-state index in [0.717, 1.165) is 38.5 Å². The fraction of sp³-hybridized carbons (Fsp3) is 1.00. The van der Waals surface area contributed by atoms with Gasteiger partial charge in [0.2, 0.25) is 0 Å². The Morgan fingerprint density at radius 2 is 0.535 bits per heavy atom. The van der Waals surface area contributed by atoms with E-state index in [-0.39, 0.29) is 46.4 Å². The minimum atomic E-state index is -2.95. The third-order valence-electron chi connectivity index (χ3n) is 7.12. The molecule has 0 aliphatic heterocycles. The Labute approximate surface area is 294 Å². The molecular formula is C28H62O6S7Si2. The first-order chi connectivity index (χ1) is 20.3. The third kappa shape index (κ3) is 18.3. The van der Waals surface area contributed by atoms with Crippen LogP contribution in [0.15, 0.2) is 0 Å². The number of hydrogen-bond acceptors (Lipinski definition) is 13. The summed E-state index contributed by atoms with van der Waals surface area (Å²) < 4.78 is 39.9. The van der Waals surface area contributed by atoms with E-state index in [1.54, 1.807) is 70.7 Å². The van der Waals surface area contributed by atoms with Crippen molar-refractivity contribution in [2.75, 3.05) is 0 Å². The molecule has 0 radical (unpaired) electrons. The Morgan fingerprint density at radius 3 is 0.721 bits per heavy atom. The van der Waals surface area contributed by atoms with Gasteiger partial charge in [-0.1, -0.05) is 63.1 Å². The molecule has 8 atom stereocenters. The molecule has 0 fully saturated rings. The second kappa shape index (κ2) is 25.6. The topological polar surface area (TPSA) is 55.4 Å². The summed E-state index contributed by atoms with van der Waals surface area (Å²) in [5, 5.41) is 0. The van der Waals surface area contributed by atoms with Crippen LogP contribution in [-0.2, 0) is 26.6 Å². The van der Waals surface area contributed by atoms with Gasteiger partial charge in [-0.25, -0.2) is 0 Å². The van der Waals surface area contributed by atoms with Crippen LogP contribution in [0, 0.1) is 0 Å². The highest BCUT2D eigenvalue weighted by molar-refractivity contribution is 9.46. The molecule has 8 unspecified atom stereocenters. The maximum atomic E-state index is 6.65. The van der Waals surface area contributed by atoms with E-state index in [4.69, 9.17) is 26.6 Å². The summed E-state index contributed by atoms with van der Waals surface area (Å²) in [6.07, 6.45) is 6.13. The molecule has 0 saturated heterocycles. The van der Waals surface area contributed by atoms with Gasteiger partial charge in [0.05, 0.1) is 9.75 Å². The van der Waals surface area contributed by atoms with Gasteiger partial charge < -0.3 is 26.6 Å². The fourth-order valence-electron chi connectivity index (χ4n) is 3.23. The Morgan fingerprint density at radius 1 is 0.349 bits per heavy atom. The predicted octanol–water partition coefficient (Wildman–Crippen LogP) is 12.2. The molecule has 43 heavy (non-hydrogen) atoms. The van der Waals surface area contributed by atoms with Crippen LogP contribution in [0.2, 0.25) is 0 Å². The minimum Gasteiger partial charge on any atom is -0.370 e. The number of rotatable bonds is 28. The molecule has 0 heterocycles. The smallest absolute Gasteiger partial charge is 0.370 e. The van der Waals surface area contributed by atoms with Crippen molar-refractivity contribution >= 4 is 88.3 Å². The highest BCUT2D eigenvalue weighted by Crippen LogP contribution is 2.57. The molecule has 0 aromatic rings. The monoisotopic (exact) mass is 774 g/mol. The molecular weight excluding hydrogens is 713 g/mol. The Hall–Kier alpha value is 2.64. The first-order valence-electron chi connectivity index (χ1n) is 16.0. The lowest BCUT2D eigenvalue weighted by Gasteiger charge is -2.39. The predicted molar refractivity (Wildman–Crippen MR) is 209 cm³/mol. The van der Waals surface area contributed by atoms with Gasteiger partial charge in [-0.05, 0) is 143 Å². The van der Waals surface area contributed by atoms with Gasteiger partial charge in [-0.2, -0.15) is 0 Å². The average Bonchev–Trinajstić information content (AvgIpc) is 2.99. The molecule has 0 saturated carbocycles. The fourth-order valence-corrected chi connectivity index (χ4v) is 29.1. The molecule has 0 aromatic heterocycles. The standard InChI is InChI=1S/C28H62O6S7Si2/c1-15-21(7)29-42(30-22(8)16-2,31-23(9)17-3)27(13)35-37-39-41-40-38-36-28(14)43(32-24(10)18-4,33-25(11)19-5)34-26(12)20-6/h21-28H,15-20H2,1-14H3. The second-order valence-electron chi connectivity index (χ2n) is 11.0. The van der Waals surface area contributed by atoms with Gasteiger partial charge >= 0.3 is 17.6 Å². The van der Waals surface area contributed by atoms with E-state index in [9.17, 15) is 0 Å². The highest BCUT2D eigenvalue weighted by atomic mass is 33.9. The maximum absolute atomic E-state index is 6.65. The van der Waals surface area contributed by atoms with Crippen molar-refractivity contribution in [2.45, 2.75) is 182 Å². The normalized spacial score (nSPS) is 20.8. The van der Waals surface area contributed by atoms with E-state index in [2.05, 4.69) is 96.9 Å². The lowest BCUT2D eigenvalue weighted by Crippen LogP contribution is -2.58. The highest BCUT2D eigenvalue weighted by Gasteiger charge is 2.52. The van der Waals surface area contributed by atoms with Gasteiger partial charge in [0, 0.05) is 36.6 Å². The van der Waals surface area contributed by atoms with Crippen molar-refractivity contribution in [1.29, 1.82) is 0 Å². The molecule has 15 heteroatoms. The van der Waals surface area contributed by atoms with Crippen LogP contribution in [0.5, 0.6) is 0 Å². The van der Waals surface area contributed by atoms with E-state index < -0.39 is 17.6 Å². The van der Waals surface area contributed by atoms with Gasteiger partial charge in [-0.3, -0.25) is 0 Å². The Balaban J connectivity index is 5.25. The molecule has 0 N–H and O–H groups in total. The SMILES string of the molecule is CCC(C)O[Si](OC(C)CC)(OC(C)CC)C(C)SSSSSSSC(C)[Si](OC(C)CC)(OC(C)CC)OC(C)CC. The average molecular weight is 775 g/mol. The lowest BCUT2D eigenvalue weighted by molar-refractivity contribution is -0.0121. The van der Waals surface area contributed by atoms with E-state index in [1.807, 2.05) is 0 Å². The summed E-state index contributed by atoms with van der Waals surface area (Å²) in [6, 6.07) is 0. The largest absolute Gasteiger partial charge is 0.516 e. The molecule has 0 aliphatic carbocycles. The van der Waals surface area contributed by atoms with Gasteiger partial charge in [-0.15, -0.1) is 0 Å². The molecule has 0 amide bonds. The first kappa shape index (κ1) is 45.6. The van der Waals surface area contributed by atoms with Crippen LogP contribution in [0.25, 0.3) is 0 Å². The van der Waals surface area contributed by atoms with Crippen molar-refractivity contribution in [3.63, 3.8) is 0 Å². The van der Waals surface area contributed by atoms with Crippen molar-refractivity contribution in [2.24, 2.45) is 0 Å². The quantitative estimate of drug-likeness (QED) is 0.0431. The van der Waals surface area contributed by atoms with Crippen molar-refractivity contribution in [3.05, 3.63) is 0 Å². The van der Waals surface area contributed by atoms with Crippen molar-refractivity contribution in [3.8, 4) is 0 Å². The summed E-state index contributed by atoms with van der Waals surface area (Å²) in [5.74, 6) is 0. The molecule has 0 aliphatic rings. The zero-order valence-corrected chi connectivity index (χ0v) is 36.9. The van der Waals surface area contributed by atoms with Crippen LogP contribution >= 0.6 is 70.7 Å². The minimum absolute atomic E-state index is 0.0920. The maximum Gasteiger partial charge on any atom is 0.516 e. The lowest BCUT2D eigenvalue weighted by atomic mass is 10.3. The molecule has 6 nitrogen and oxygen atoms in total. The molecule has 0 aromatic carbocycles. The molecule has 260 valence electrons.